The van der Waals surface area contributed by atoms with E-state index in [1.165, 1.54) is 11.3 Å². The number of hydrogen-bond donors (Lipinski definition) is 1. The Balaban J connectivity index is 2.34. The monoisotopic (exact) mass is 296 g/mol. The van der Waals surface area contributed by atoms with Gasteiger partial charge in [0.05, 0.1) is 6.42 Å². The van der Waals surface area contributed by atoms with E-state index in [1.54, 1.807) is 0 Å². The van der Waals surface area contributed by atoms with Crippen molar-refractivity contribution in [2.45, 2.75) is 6.42 Å². The summed E-state index contributed by atoms with van der Waals surface area (Å²) in [7, 11) is 0. The van der Waals surface area contributed by atoms with E-state index >= 15 is 0 Å². The lowest BCUT2D eigenvalue weighted by Crippen LogP contribution is -1.97. The average Bonchev–Trinajstić information content (AvgIpc) is 2.61. The van der Waals surface area contributed by atoms with Gasteiger partial charge in [-0.3, -0.25) is 4.79 Å². The van der Waals surface area contributed by atoms with Gasteiger partial charge in [-0.25, -0.2) is 0 Å². The molecule has 0 aliphatic rings. The quantitative estimate of drug-likeness (QED) is 0.935. The minimum atomic E-state index is -0.804. The van der Waals surface area contributed by atoms with Gasteiger partial charge in [0.2, 0.25) is 0 Å². The third kappa shape index (κ3) is 2.51. The van der Waals surface area contributed by atoms with Crippen molar-refractivity contribution in [1.82, 2.24) is 0 Å². The Morgan fingerprint density at radius 3 is 2.62 bits per heavy atom. The molecule has 1 heterocycles. The number of carbonyl (C=O) groups is 1. The zero-order valence-electron chi connectivity index (χ0n) is 8.31. The summed E-state index contributed by atoms with van der Waals surface area (Å²) in [6.07, 6.45) is 0.0675. The van der Waals surface area contributed by atoms with E-state index in [4.69, 9.17) is 5.11 Å². The molecule has 1 aromatic heterocycles. The van der Waals surface area contributed by atoms with E-state index in [2.05, 4.69) is 15.9 Å². The number of aliphatic carboxylic acids is 1. The first-order chi connectivity index (χ1) is 7.66. The van der Waals surface area contributed by atoms with Crippen molar-refractivity contribution >= 4 is 33.2 Å². The maximum Gasteiger partial charge on any atom is 0.308 e. The zero-order chi connectivity index (χ0) is 11.5. The van der Waals surface area contributed by atoms with E-state index in [9.17, 15) is 4.79 Å². The lowest BCUT2D eigenvalue weighted by molar-refractivity contribution is -0.136. The van der Waals surface area contributed by atoms with Gasteiger partial charge in [-0.2, -0.15) is 0 Å². The smallest absolute Gasteiger partial charge is 0.308 e. The van der Waals surface area contributed by atoms with Crippen LogP contribution in [0.1, 0.15) is 4.88 Å². The number of rotatable bonds is 3. The van der Waals surface area contributed by atoms with Gasteiger partial charge in [0, 0.05) is 14.2 Å². The summed E-state index contributed by atoms with van der Waals surface area (Å²) >= 11 is 4.90. The number of carboxylic acids is 1. The molecule has 2 nitrogen and oxygen atoms in total. The highest BCUT2D eigenvalue weighted by molar-refractivity contribution is 9.10. The summed E-state index contributed by atoms with van der Waals surface area (Å²) in [5, 5.41) is 8.76. The van der Waals surface area contributed by atoms with Crippen LogP contribution in [0.2, 0.25) is 0 Å². The van der Waals surface area contributed by atoms with Crippen LogP contribution >= 0.6 is 27.3 Å². The molecule has 0 bridgehead atoms. The lowest BCUT2D eigenvalue weighted by Gasteiger charge is -1.94. The topological polar surface area (TPSA) is 37.3 Å². The van der Waals surface area contributed by atoms with Crippen LogP contribution in [0.5, 0.6) is 0 Å². The summed E-state index contributed by atoms with van der Waals surface area (Å²) in [5.41, 5.74) is 1.12. The zero-order valence-corrected chi connectivity index (χ0v) is 10.7. The normalized spacial score (nSPS) is 10.3. The Morgan fingerprint density at radius 1 is 1.31 bits per heavy atom. The first-order valence-corrected chi connectivity index (χ1v) is 6.33. The Hall–Kier alpha value is -1.13. The van der Waals surface area contributed by atoms with Crippen molar-refractivity contribution in [3.63, 3.8) is 0 Å². The second kappa shape index (κ2) is 4.80. The van der Waals surface area contributed by atoms with Crippen molar-refractivity contribution in [3.05, 3.63) is 45.7 Å². The minimum Gasteiger partial charge on any atom is -0.481 e. The first-order valence-electron chi connectivity index (χ1n) is 4.72. The van der Waals surface area contributed by atoms with Crippen LogP contribution < -0.4 is 0 Å². The first kappa shape index (κ1) is 11.4. The number of hydrogen-bond acceptors (Lipinski definition) is 2. The molecule has 0 amide bonds. The molecule has 0 radical (unpaired) electrons. The Kier molecular flexibility index (Phi) is 3.41. The molecule has 4 heteroatoms. The van der Waals surface area contributed by atoms with Crippen LogP contribution in [-0.2, 0) is 11.2 Å². The van der Waals surface area contributed by atoms with E-state index in [1.807, 2.05) is 36.4 Å². The van der Waals surface area contributed by atoms with Gasteiger partial charge in [-0.15, -0.1) is 11.3 Å². The standard InChI is InChI=1S/C12H9BrO2S/c13-9-6-10(8-4-2-1-3-5-8)16-11(9)7-12(14)15/h1-6H,7H2,(H,14,15). The van der Waals surface area contributed by atoms with Crippen molar-refractivity contribution in [3.8, 4) is 10.4 Å². The predicted octanol–water partition coefficient (Wildman–Crippen LogP) is 3.80. The molecule has 0 aliphatic carbocycles. The van der Waals surface area contributed by atoms with Crippen LogP contribution in [0, 0.1) is 0 Å². The number of benzene rings is 1. The van der Waals surface area contributed by atoms with Gasteiger partial charge < -0.3 is 5.11 Å². The van der Waals surface area contributed by atoms with Gasteiger partial charge >= 0.3 is 5.97 Å². The highest BCUT2D eigenvalue weighted by atomic mass is 79.9. The highest BCUT2D eigenvalue weighted by Gasteiger charge is 2.11. The molecule has 1 N–H and O–H groups in total. The lowest BCUT2D eigenvalue weighted by atomic mass is 10.2. The van der Waals surface area contributed by atoms with E-state index in [-0.39, 0.29) is 6.42 Å². The van der Waals surface area contributed by atoms with Crippen molar-refractivity contribution < 1.29 is 9.90 Å². The fraction of sp³-hybridized carbons (Fsp3) is 0.0833. The molecule has 0 unspecified atom stereocenters. The Labute approximate surface area is 106 Å². The largest absolute Gasteiger partial charge is 0.481 e. The van der Waals surface area contributed by atoms with Crippen molar-refractivity contribution in [2.24, 2.45) is 0 Å². The van der Waals surface area contributed by atoms with Crippen LogP contribution in [0.15, 0.2) is 40.9 Å². The maximum absolute atomic E-state index is 10.7. The summed E-state index contributed by atoms with van der Waals surface area (Å²) in [5.74, 6) is -0.804. The Bertz CT molecular complexity index is 505. The molecule has 0 saturated heterocycles. The second-order valence-electron chi connectivity index (χ2n) is 3.32. The number of halogens is 1. The predicted molar refractivity (Wildman–Crippen MR) is 68.8 cm³/mol. The Morgan fingerprint density at radius 2 is 2.00 bits per heavy atom. The van der Waals surface area contributed by atoms with Gasteiger partial charge in [0.15, 0.2) is 0 Å². The molecule has 82 valence electrons. The van der Waals surface area contributed by atoms with E-state index in [0.29, 0.717) is 0 Å². The van der Waals surface area contributed by atoms with Crippen LogP contribution in [-0.4, -0.2) is 11.1 Å². The third-order valence-corrected chi connectivity index (χ3v) is 4.28. The third-order valence-electron chi connectivity index (χ3n) is 2.13. The summed E-state index contributed by atoms with van der Waals surface area (Å²) in [6, 6.07) is 11.9. The molecule has 2 rings (SSSR count). The molecule has 2 aromatic rings. The maximum atomic E-state index is 10.7. The van der Waals surface area contributed by atoms with Gasteiger partial charge in [-0.05, 0) is 27.6 Å². The van der Waals surface area contributed by atoms with Crippen LogP contribution in [0.4, 0.5) is 0 Å². The molecular formula is C12H9BrO2S. The van der Waals surface area contributed by atoms with E-state index < -0.39 is 5.97 Å². The minimum absolute atomic E-state index is 0.0675. The molecule has 0 aliphatic heterocycles. The molecule has 0 saturated carbocycles. The second-order valence-corrected chi connectivity index (χ2v) is 5.31. The van der Waals surface area contributed by atoms with Crippen LogP contribution in [0.25, 0.3) is 10.4 Å². The number of thiophene rings is 1. The average molecular weight is 297 g/mol. The molecule has 0 atom stereocenters. The fourth-order valence-corrected chi connectivity index (χ4v) is 3.22. The SMILES string of the molecule is O=C(O)Cc1sc(-c2ccccc2)cc1Br. The molecule has 0 fully saturated rings. The number of carboxylic acid groups (broad SMARTS) is 1. The molecular weight excluding hydrogens is 288 g/mol. The van der Waals surface area contributed by atoms with E-state index in [0.717, 1.165) is 19.8 Å². The highest BCUT2D eigenvalue weighted by Crippen LogP contribution is 2.34. The van der Waals surface area contributed by atoms with Crippen LogP contribution in [0.3, 0.4) is 0 Å². The molecule has 16 heavy (non-hydrogen) atoms. The van der Waals surface area contributed by atoms with Crippen molar-refractivity contribution in [2.75, 3.05) is 0 Å². The van der Waals surface area contributed by atoms with Crippen molar-refractivity contribution in [1.29, 1.82) is 0 Å². The fourth-order valence-electron chi connectivity index (χ4n) is 1.41. The summed E-state index contributed by atoms with van der Waals surface area (Å²) in [6.45, 7) is 0. The van der Waals surface area contributed by atoms with Gasteiger partial charge in [0.1, 0.15) is 0 Å². The van der Waals surface area contributed by atoms with Gasteiger partial charge in [0.25, 0.3) is 0 Å². The molecule has 0 spiro atoms. The summed E-state index contributed by atoms with van der Waals surface area (Å²) in [4.78, 5) is 12.6. The van der Waals surface area contributed by atoms with Gasteiger partial charge in [-0.1, -0.05) is 30.3 Å². The summed E-state index contributed by atoms with van der Waals surface area (Å²) < 4.78 is 0.874. The molecule has 1 aromatic carbocycles.